The summed E-state index contributed by atoms with van der Waals surface area (Å²) >= 11 is 1.81. The fraction of sp³-hybridized carbons (Fsp3) is 0.423. The van der Waals surface area contributed by atoms with E-state index in [4.69, 9.17) is 11.5 Å². The molecule has 1 unspecified atom stereocenters. The molecule has 1 fully saturated rings. The van der Waals surface area contributed by atoms with Crippen LogP contribution in [-0.2, 0) is 17.3 Å². The number of likely N-dealkylation sites (tertiary alicyclic amines) is 1. The van der Waals surface area contributed by atoms with Crippen molar-refractivity contribution in [2.45, 2.75) is 45.6 Å². The molecule has 1 saturated heterocycles. The van der Waals surface area contributed by atoms with Gasteiger partial charge in [-0.05, 0) is 91.5 Å². The van der Waals surface area contributed by atoms with Crippen molar-refractivity contribution in [3.8, 4) is 11.1 Å². The first-order chi connectivity index (χ1) is 16.4. The van der Waals surface area contributed by atoms with Gasteiger partial charge in [-0.15, -0.1) is 11.3 Å². The minimum Gasteiger partial charge on any atom is -0.366 e. The first-order valence-electron chi connectivity index (χ1n) is 11.8. The Labute approximate surface area is 208 Å². The molecule has 0 spiro atoms. The molecule has 0 saturated carbocycles. The van der Waals surface area contributed by atoms with Gasteiger partial charge < -0.3 is 16.5 Å². The van der Waals surface area contributed by atoms with Crippen LogP contribution in [0, 0.1) is 6.92 Å². The molecule has 3 aromatic rings. The summed E-state index contributed by atoms with van der Waals surface area (Å²) in [6, 6.07) is 6.34. The lowest BCUT2D eigenvalue weighted by Gasteiger charge is -2.18. The van der Waals surface area contributed by atoms with Gasteiger partial charge in [-0.25, -0.2) is 0 Å². The summed E-state index contributed by atoms with van der Waals surface area (Å²) in [5.74, 6) is 0.263. The third kappa shape index (κ3) is 7.12. The van der Waals surface area contributed by atoms with Gasteiger partial charge in [0.15, 0.2) is 0 Å². The van der Waals surface area contributed by atoms with Crippen molar-refractivity contribution in [1.82, 2.24) is 9.88 Å². The van der Waals surface area contributed by atoms with E-state index in [1.165, 1.54) is 54.6 Å². The monoisotopic (exact) mass is 500 g/mol. The highest BCUT2D eigenvalue weighted by Gasteiger charge is 2.15. The van der Waals surface area contributed by atoms with Crippen molar-refractivity contribution < 1.29 is 9.00 Å². The standard InChI is InChI=1S/C21H25N3OS.C5H11NOS/c1-14-11-23-20-18(14)9-15(10-19(20)21(22)25)16-8-17(26-13-16)12-24-6-4-2-3-5-7-24;1-2-8(7)5-3-4-6/h8-11,13,23H,2-7,12H2,1H3,(H2,22,25);2H,1,3-6H2. The Bertz CT molecular complexity index is 1130. The Morgan fingerprint density at radius 3 is 2.59 bits per heavy atom. The molecule has 2 aromatic heterocycles. The lowest BCUT2D eigenvalue weighted by atomic mass is 10.0. The number of H-pyrrole nitrogens is 1. The predicted octanol–water partition coefficient (Wildman–Crippen LogP) is 4.91. The van der Waals surface area contributed by atoms with Crippen molar-refractivity contribution in [2.24, 2.45) is 11.5 Å². The average molecular weight is 501 g/mol. The minimum atomic E-state index is -0.843. The highest BCUT2D eigenvalue weighted by atomic mass is 32.2. The summed E-state index contributed by atoms with van der Waals surface area (Å²) in [4.78, 5) is 19.0. The maximum absolute atomic E-state index is 11.9. The van der Waals surface area contributed by atoms with Crippen molar-refractivity contribution in [2.75, 3.05) is 25.4 Å². The topological polar surface area (TPSA) is 105 Å². The van der Waals surface area contributed by atoms with E-state index in [0.717, 1.165) is 35.0 Å². The van der Waals surface area contributed by atoms with Crippen LogP contribution in [0.1, 0.15) is 52.9 Å². The summed E-state index contributed by atoms with van der Waals surface area (Å²) in [6.45, 7) is 9.46. The van der Waals surface area contributed by atoms with E-state index in [0.29, 0.717) is 17.9 Å². The largest absolute Gasteiger partial charge is 0.366 e. The summed E-state index contributed by atoms with van der Waals surface area (Å²) in [7, 11) is -0.843. The van der Waals surface area contributed by atoms with E-state index in [1.807, 2.05) is 19.2 Å². The smallest absolute Gasteiger partial charge is 0.250 e. The number of fused-ring (bicyclic) bond motifs is 1. The quantitative estimate of drug-likeness (QED) is 0.409. The van der Waals surface area contributed by atoms with E-state index in [-0.39, 0.29) is 0 Å². The Balaban J connectivity index is 0.000000350. The zero-order valence-electron chi connectivity index (χ0n) is 20.0. The summed E-state index contributed by atoms with van der Waals surface area (Å²) in [5.41, 5.74) is 15.5. The number of aromatic nitrogens is 1. The molecule has 4 rings (SSSR count). The third-order valence-corrected chi connectivity index (χ3v) is 8.05. The van der Waals surface area contributed by atoms with Gasteiger partial charge in [-0.1, -0.05) is 19.4 Å². The van der Waals surface area contributed by atoms with Gasteiger partial charge in [-0.3, -0.25) is 13.9 Å². The SMILES string of the molecule is C=CS(=O)CCCN.Cc1c[nH]c2c(C(N)=O)cc(-c3csc(CN4CCCCCC4)c3)cc12. The number of thiophene rings is 1. The van der Waals surface area contributed by atoms with Crippen LogP contribution in [0.5, 0.6) is 0 Å². The Kier molecular flexibility index (Phi) is 10.1. The lowest BCUT2D eigenvalue weighted by Crippen LogP contribution is -2.23. The molecule has 1 aromatic carbocycles. The van der Waals surface area contributed by atoms with Crippen LogP contribution >= 0.6 is 11.3 Å². The summed E-state index contributed by atoms with van der Waals surface area (Å²) < 4.78 is 10.5. The number of hydrogen-bond acceptors (Lipinski definition) is 5. The van der Waals surface area contributed by atoms with Crippen molar-refractivity contribution >= 4 is 38.9 Å². The number of nitrogens with one attached hydrogen (secondary N) is 1. The molecular weight excluding hydrogens is 464 g/mol. The van der Waals surface area contributed by atoms with Crippen LogP contribution in [-0.4, -0.2) is 45.4 Å². The highest BCUT2D eigenvalue weighted by Crippen LogP contribution is 2.32. The van der Waals surface area contributed by atoms with Crippen LogP contribution in [0.2, 0.25) is 0 Å². The normalized spacial score (nSPS) is 15.4. The van der Waals surface area contributed by atoms with Gasteiger partial charge in [0.25, 0.3) is 5.91 Å². The fourth-order valence-electron chi connectivity index (χ4n) is 4.17. The van der Waals surface area contributed by atoms with E-state index >= 15 is 0 Å². The molecule has 1 amide bonds. The molecular formula is C26H36N4O2S2. The number of primary amides is 1. The summed E-state index contributed by atoms with van der Waals surface area (Å²) in [5, 5.41) is 4.70. The number of amides is 1. The van der Waals surface area contributed by atoms with E-state index < -0.39 is 16.7 Å². The Morgan fingerprint density at radius 2 is 1.94 bits per heavy atom. The van der Waals surface area contributed by atoms with Gasteiger partial charge in [0.2, 0.25) is 0 Å². The number of carbonyl (C=O) groups excluding carboxylic acids is 1. The zero-order valence-corrected chi connectivity index (χ0v) is 21.6. The number of aryl methyl sites for hydroxylation is 1. The second-order valence-electron chi connectivity index (χ2n) is 8.67. The van der Waals surface area contributed by atoms with Crippen LogP contribution < -0.4 is 11.5 Å². The maximum Gasteiger partial charge on any atom is 0.250 e. The zero-order chi connectivity index (χ0) is 24.5. The fourth-order valence-corrected chi connectivity index (χ4v) is 5.72. The summed E-state index contributed by atoms with van der Waals surface area (Å²) in [6.07, 6.45) is 8.08. The van der Waals surface area contributed by atoms with Gasteiger partial charge in [0, 0.05) is 39.6 Å². The molecule has 5 N–H and O–H groups in total. The lowest BCUT2D eigenvalue weighted by molar-refractivity contribution is 0.100. The number of nitrogens with zero attached hydrogens (tertiary/aromatic N) is 1. The van der Waals surface area contributed by atoms with Crippen molar-refractivity contribution in [3.05, 3.63) is 57.8 Å². The molecule has 3 heterocycles. The average Bonchev–Trinajstić information content (AvgIpc) is 3.36. The van der Waals surface area contributed by atoms with Crippen LogP contribution in [0.3, 0.4) is 0 Å². The number of carbonyl (C=O) groups is 1. The van der Waals surface area contributed by atoms with E-state index in [1.54, 1.807) is 11.3 Å². The predicted molar refractivity (Wildman–Crippen MR) is 145 cm³/mol. The number of benzene rings is 1. The van der Waals surface area contributed by atoms with Crippen LogP contribution in [0.15, 0.2) is 41.8 Å². The second-order valence-corrected chi connectivity index (χ2v) is 11.2. The van der Waals surface area contributed by atoms with Gasteiger partial charge in [0.05, 0.1) is 11.1 Å². The number of rotatable bonds is 8. The van der Waals surface area contributed by atoms with Crippen LogP contribution in [0.4, 0.5) is 0 Å². The molecule has 1 aliphatic heterocycles. The molecule has 0 aliphatic carbocycles. The minimum absolute atomic E-state index is 0.390. The maximum atomic E-state index is 11.9. The molecule has 0 bridgehead atoms. The molecule has 6 nitrogen and oxygen atoms in total. The first-order valence-corrected chi connectivity index (χ1v) is 14.1. The molecule has 184 valence electrons. The van der Waals surface area contributed by atoms with Crippen LogP contribution in [0.25, 0.3) is 22.0 Å². The number of aromatic amines is 1. The first kappa shape index (κ1) is 26.3. The van der Waals surface area contributed by atoms with Gasteiger partial charge >= 0.3 is 0 Å². The third-order valence-electron chi connectivity index (χ3n) is 6.06. The van der Waals surface area contributed by atoms with Crippen molar-refractivity contribution in [3.63, 3.8) is 0 Å². The number of hydrogen-bond donors (Lipinski definition) is 3. The second kappa shape index (κ2) is 13.0. The van der Waals surface area contributed by atoms with Crippen molar-refractivity contribution in [1.29, 1.82) is 0 Å². The molecule has 1 aliphatic rings. The highest BCUT2D eigenvalue weighted by molar-refractivity contribution is 7.87. The molecule has 8 heteroatoms. The Morgan fingerprint density at radius 1 is 1.21 bits per heavy atom. The number of nitrogens with two attached hydrogens (primary N) is 2. The van der Waals surface area contributed by atoms with E-state index in [9.17, 15) is 9.00 Å². The molecule has 1 atom stereocenters. The Hall–Kier alpha value is -2.26. The van der Waals surface area contributed by atoms with E-state index in [2.05, 4.69) is 34.0 Å². The van der Waals surface area contributed by atoms with Gasteiger partial charge in [-0.2, -0.15) is 0 Å². The van der Waals surface area contributed by atoms with Gasteiger partial charge in [0.1, 0.15) is 0 Å². The molecule has 0 radical (unpaired) electrons. The molecule has 34 heavy (non-hydrogen) atoms.